The Kier molecular flexibility index (Phi) is 5.66. The number of aromatic nitrogens is 3. The van der Waals surface area contributed by atoms with E-state index in [1.807, 2.05) is 42.8 Å². The van der Waals surface area contributed by atoms with Crippen LogP contribution in [0.1, 0.15) is 17.3 Å². The molecular formula is C20H20ClN5O2S. The highest BCUT2D eigenvalue weighted by Crippen LogP contribution is 2.30. The largest absolute Gasteiger partial charge is 0.380 e. The molecule has 1 amide bonds. The summed E-state index contributed by atoms with van der Waals surface area (Å²) in [5.74, 6) is 0.508. The molecule has 7 nitrogen and oxygen atoms in total. The second-order valence-corrected chi connectivity index (χ2v) is 7.87. The van der Waals surface area contributed by atoms with E-state index in [2.05, 4.69) is 20.6 Å². The Labute approximate surface area is 176 Å². The number of hydrogen-bond acceptors (Lipinski definition) is 6. The number of ether oxygens (including phenoxy) is 1. The Balaban J connectivity index is 1.55. The smallest absolute Gasteiger partial charge is 0.251 e. The third kappa shape index (κ3) is 4.19. The molecule has 0 spiro atoms. The third-order valence-electron chi connectivity index (χ3n) is 4.45. The van der Waals surface area contributed by atoms with Gasteiger partial charge >= 0.3 is 0 Å². The molecular weight excluding hydrogens is 410 g/mol. The Morgan fingerprint density at radius 2 is 2.07 bits per heavy atom. The number of nitrogens with zero attached hydrogens (tertiary/aromatic N) is 3. The molecule has 0 fully saturated rings. The van der Waals surface area contributed by atoms with Gasteiger partial charge in [0.15, 0.2) is 5.13 Å². The Morgan fingerprint density at radius 1 is 1.21 bits per heavy atom. The lowest BCUT2D eigenvalue weighted by Crippen LogP contribution is -2.27. The van der Waals surface area contributed by atoms with Crippen molar-refractivity contribution in [3.05, 3.63) is 47.0 Å². The molecule has 0 aliphatic carbocycles. The lowest BCUT2D eigenvalue weighted by atomic mass is 10.2. The van der Waals surface area contributed by atoms with Crippen LogP contribution >= 0.6 is 22.9 Å². The Morgan fingerprint density at radius 3 is 2.90 bits per heavy atom. The van der Waals surface area contributed by atoms with Crippen LogP contribution in [0.3, 0.4) is 0 Å². The molecule has 0 aliphatic rings. The van der Waals surface area contributed by atoms with Gasteiger partial charge in [0.25, 0.3) is 5.91 Å². The summed E-state index contributed by atoms with van der Waals surface area (Å²) in [5.41, 5.74) is 3.10. The first-order valence-electron chi connectivity index (χ1n) is 9.20. The van der Waals surface area contributed by atoms with Crippen LogP contribution in [0.5, 0.6) is 0 Å². The van der Waals surface area contributed by atoms with E-state index in [0.29, 0.717) is 36.3 Å². The van der Waals surface area contributed by atoms with E-state index in [-0.39, 0.29) is 5.91 Å². The first-order valence-corrected chi connectivity index (χ1v) is 10.4. The number of benzene rings is 2. The summed E-state index contributed by atoms with van der Waals surface area (Å²) in [4.78, 5) is 21.5. The van der Waals surface area contributed by atoms with Crippen molar-refractivity contribution in [2.75, 3.05) is 25.1 Å². The highest BCUT2D eigenvalue weighted by molar-refractivity contribution is 7.22. The second-order valence-electron chi connectivity index (χ2n) is 6.41. The zero-order valence-electron chi connectivity index (χ0n) is 16.0. The van der Waals surface area contributed by atoms with Crippen molar-refractivity contribution >= 4 is 61.2 Å². The third-order valence-corrected chi connectivity index (χ3v) is 5.62. The molecule has 0 bridgehead atoms. The maximum atomic E-state index is 12.3. The number of imidazole rings is 1. The summed E-state index contributed by atoms with van der Waals surface area (Å²) in [6, 6.07) is 11.1. The predicted octanol–water partition coefficient (Wildman–Crippen LogP) is 4.35. The molecule has 9 heteroatoms. The number of nitrogens with one attached hydrogen (secondary N) is 2. The fraction of sp³-hybridized carbons (Fsp3) is 0.250. The minimum Gasteiger partial charge on any atom is -0.380 e. The average Bonchev–Trinajstić information content (AvgIpc) is 3.25. The van der Waals surface area contributed by atoms with Gasteiger partial charge in [-0.1, -0.05) is 22.9 Å². The number of halogens is 1. The zero-order chi connectivity index (χ0) is 20.4. The summed E-state index contributed by atoms with van der Waals surface area (Å²) < 4.78 is 8.18. The minimum absolute atomic E-state index is 0.144. The molecule has 2 aromatic heterocycles. The van der Waals surface area contributed by atoms with Gasteiger partial charge in [0.1, 0.15) is 0 Å². The van der Waals surface area contributed by atoms with Crippen LogP contribution in [0.15, 0.2) is 36.4 Å². The van der Waals surface area contributed by atoms with E-state index >= 15 is 0 Å². The molecule has 0 radical (unpaired) electrons. The molecule has 4 aromatic rings. The molecule has 2 heterocycles. The van der Waals surface area contributed by atoms with Crippen molar-refractivity contribution < 1.29 is 9.53 Å². The summed E-state index contributed by atoms with van der Waals surface area (Å²) >= 11 is 7.57. The molecule has 2 N–H and O–H groups in total. The maximum absolute atomic E-state index is 12.3. The topological polar surface area (TPSA) is 81.1 Å². The first-order chi connectivity index (χ1) is 14.0. The van der Waals surface area contributed by atoms with Crippen molar-refractivity contribution in [3.8, 4) is 0 Å². The molecule has 2 aromatic carbocycles. The first kappa shape index (κ1) is 19.6. The van der Waals surface area contributed by atoms with Crippen molar-refractivity contribution in [1.29, 1.82) is 0 Å². The molecule has 0 saturated heterocycles. The van der Waals surface area contributed by atoms with Crippen molar-refractivity contribution in [2.45, 2.75) is 6.92 Å². The van der Waals surface area contributed by atoms with E-state index in [4.69, 9.17) is 16.3 Å². The van der Waals surface area contributed by atoms with E-state index in [1.165, 1.54) is 11.3 Å². The quantitative estimate of drug-likeness (QED) is 0.427. The SMILES string of the molecule is CCOCCNC(=O)c1ccc2c(c1)nc(Nc1nc3ccc(Cl)cc3s1)n2C. The number of rotatable bonds is 7. The van der Waals surface area contributed by atoms with Gasteiger partial charge in [-0.05, 0) is 43.3 Å². The number of carbonyl (C=O) groups is 1. The number of thiazole rings is 1. The normalized spacial score (nSPS) is 11.3. The van der Waals surface area contributed by atoms with Crippen LogP contribution in [-0.4, -0.2) is 40.2 Å². The molecule has 150 valence electrons. The van der Waals surface area contributed by atoms with E-state index in [1.54, 1.807) is 12.1 Å². The fourth-order valence-corrected chi connectivity index (χ4v) is 4.12. The lowest BCUT2D eigenvalue weighted by molar-refractivity contribution is 0.0922. The van der Waals surface area contributed by atoms with Crippen LogP contribution in [-0.2, 0) is 11.8 Å². The van der Waals surface area contributed by atoms with Crippen molar-refractivity contribution in [3.63, 3.8) is 0 Å². The van der Waals surface area contributed by atoms with Gasteiger partial charge in [0, 0.05) is 30.8 Å². The minimum atomic E-state index is -0.144. The van der Waals surface area contributed by atoms with Gasteiger partial charge in [-0.3, -0.25) is 4.79 Å². The number of carbonyl (C=O) groups excluding carboxylic acids is 1. The highest BCUT2D eigenvalue weighted by atomic mass is 35.5. The van der Waals surface area contributed by atoms with Gasteiger partial charge in [-0.25, -0.2) is 9.97 Å². The summed E-state index contributed by atoms with van der Waals surface area (Å²) in [6.07, 6.45) is 0. The van der Waals surface area contributed by atoms with E-state index < -0.39 is 0 Å². The Hall–Kier alpha value is -2.68. The molecule has 0 atom stereocenters. The van der Waals surface area contributed by atoms with Crippen molar-refractivity contribution in [1.82, 2.24) is 19.9 Å². The predicted molar refractivity (Wildman–Crippen MR) is 117 cm³/mol. The summed E-state index contributed by atoms with van der Waals surface area (Å²) in [7, 11) is 1.92. The number of fused-ring (bicyclic) bond motifs is 2. The number of hydrogen-bond donors (Lipinski definition) is 2. The standard InChI is InChI=1S/C20H20ClN5O2S/c1-3-28-9-8-22-18(27)12-4-7-16-15(10-12)23-19(26(16)2)25-20-24-14-6-5-13(21)11-17(14)29-20/h4-7,10-11H,3,8-9H2,1-2H3,(H,22,27)(H,23,24,25). The monoisotopic (exact) mass is 429 g/mol. The van der Waals surface area contributed by atoms with Gasteiger partial charge in [0.05, 0.1) is 27.9 Å². The summed E-state index contributed by atoms with van der Waals surface area (Å²) in [6.45, 7) is 3.52. The van der Waals surface area contributed by atoms with E-state index in [9.17, 15) is 4.79 Å². The highest BCUT2D eigenvalue weighted by Gasteiger charge is 2.13. The van der Waals surface area contributed by atoms with Crippen LogP contribution in [0.2, 0.25) is 5.02 Å². The van der Waals surface area contributed by atoms with Gasteiger partial charge < -0.3 is 19.9 Å². The number of aryl methyl sites for hydroxylation is 1. The molecule has 4 rings (SSSR count). The molecule has 0 unspecified atom stereocenters. The molecule has 0 saturated carbocycles. The van der Waals surface area contributed by atoms with Crippen LogP contribution in [0, 0.1) is 0 Å². The van der Waals surface area contributed by atoms with Gasteiger partial charge in [-0.15, -0.1) is 0 Å². The summed E-state index contributed by atoms with van der Waals surface area (Å²) in [5, 5.41) is 7.53. The van der Waals surface area contributed by atoms with Gasteiger partial charge in [-0.2, -0.15) is 0 Å². The van der Waals surface area contributed by atoms with Crippen LogP contribution < -0.4 is 10.6 Å². The Bertz CT molecular complexity index is 1190. The van der Waals surface area contributed by atoms with Crippen molar-refractivity contribution in [2.24, 2.45) is 7.05 Å². The lowest BCUT2D eigenvalue weighted by Gasteiger charge is -2.05. The molecule has 29 heavy (non-hydrogen) atoms. The number of amides is 1. The van der Waals surface area contributed by atoms with Crippen LogP contribution in [0.25, 0.3) is 21.3 Å². The number of anilines is 2. The average molecular weight is 430 g/mol. The van der Waals surface area contributed by atoms with E-state index in [0.717, 1.165) is 26.4 Å². The molecule has 0 aliphatic heterocycles. The van der Waals surface area contributed by atoms with Gasteiger partial charge in [0.2, 0.25) is 5.95 Å². The second kappa shape index (κ2) is 8.36. The zero-order valence-corrected chi connectivity index (χ0v) is 17.6. The maximum Gasteiger partial charge on any atom is 0.251 e. The fourth-order valence-electron chi connectivity index (χ4n) is 2.98. The van der Waals surface area contributed by atoms with Crippen LogP contribution in [0.4, 0.5) is 11.1 Å².